The quantitative estimate of drug-likeness (QED) is 0.269. The Morgan fingerprint density at radius 3 is 1.88 bits per heavy atom. The highest BCUT2D eigenvalue weighted by Gasteiger charge is 2.15. The summed E-state index contributed by atoms with van der Waals surface area (Å²) >= 11 is 0. The lowest BCUT2D eigenvalue weighted by Crippen LogP contribution is -2.00. The van der Waals surface area contributed by atoms with E-state index < -0.39 is 0 Å². The first-order valence-corrected chi connectivity index (χ1v) is 11.9. The molecule has 0 aliphatic rings. The number of hydrogen-bond acceptors (Lipinski definition) is 1. The van der Waals surface area contributed by atoms with Crippen molar-refractivity contribution in [2.24, 2.45) is 0 Å². The first-order chi connectivity index (χ1) is 16.8. The van der Waals surface area contributed by atoms with Gasteiger partial charge in [-0.3, -0.25) is 4.57 Å². The molecule has 34 heavy (non-hydrogen) atoms. The molecule has 0 spiro atoms. The summed E-state index contributed by atoms with van der Waals surface area (Å²) in [6, 6.07) is 40.6. The van der Waals surface area contributed by atoms with Gasteiger partial charge < -0.3 is 0 Å². The normalized spacial score (nSPS) is 10.8. The van der Waals surface area contributed by atoms with E-state index in [9.17, 15) is 0 Å². The van der Waals surface area contributed by atoms with Crippen LogP contribution in [0.5, 0.6) is 0 Å². The number of pyridine rings is 1. The van der Waals surface area contributed by atoms with E-state index in [1.807, 2.05) is 19.9 Å². The van der Waals surface area contributed by atoms with E-state index in [0.29, 0.717) is 0 Å². The molecule has 0 aliphatic heterocycles. The van der Waals surface area contributed by atoms with Gasteiger partial charge in [0.15, 0.2) is 0 Å². The summed E-state index contributed by atoms with van der Waals surface area (Å²) in [5.74, 6) is 0.931. The molecule has 2 aromatic heterocycles. The molecular weight excluding hydrogens is 412 g/mol. The van der Waals surface area contributed by atoms with E-state index in [-0.39, 0.29) is 0 Å². The Kier molecular flexibility index (Phi) is 5.97. The molecule has 6 rings (SSSR count). The first-order valence-electron chi connectivity index (χ1n) is 11.9. The third-order valence-electron chi connectivity index (χ3n) is 6.05. The number of aryl methyl sites for hydroxylation is 1. The minimum atomic E-state index is 0.931. The highest BCUT2D eigenvalue weighted by molar-refractivity contribution is 6.09. The molecule has 0 aliphatic carbocycles. The van der Waals surface area contributed by atoms with Crippen LogP contribution in [0.4, 0.5) is 0 Å². The monoisotopic (exact) mass is 440 g/mol. The summed E-state index contributed by atoms with van der Waals surface area (Å²) in [5, 5.41) is 2.51. The Morgan fingerprint density at radius 2 is 1.15 bits per heavy atom. The summed E-state index contributed by atoms with van der Waals surface area (Å²) in [5.41, 5.74) is 8.04. The molecule has 2 nitrogen and oxygen atoms in total. The lowest BCUT2D eigenvalue weighted by molar-refractivity contribution is 1.08. The van der Waals surface area contributed by atoms with E-state index in [1.54, 1.807) is 0 Å². The average molecular weight is 441 g/mol. The maximum atomic E-state index is 5.16. The predicted molar refractivity (Wildman–Crippen MR) is 146 cm³/mol. The fourth-order valence-corrected chi connectivity index (χ4v) is 4.52. The van der Waals surface area contributed by atoms with Gasteiger partial charge in [-0.2, -0.15) is 0 Å². The van der Waals surface area contributed by atoms with E-state index in [0.717, 1.165) is 22.6 Å². The van der Waals surface area contributed by atoms with E-state index in [2.05, 4.69) is 121 Å². The van der Waals surface area contributed by atoms with Crippen molar-refractivity contribution in [3.8, 4) is 28.2 Å². The van der Waals surface area contributed by atoms with E-state index >= 15 is 0 Å². The van der Waals surface area contributed by atoms with Crippen molar-refractivity contribution in [2.45, 2.75) is 20.8 Å². The van der Waals surface area contributed by atoms with Gasteiger partial charge in [0.1, 0.15) is 5.82 Å². The molecule has 4 aromatic carbocycles. The maximum absolute atomic E-state index is 5.16. The zero-order valence-corrected chi connectivity index (χ0v) is 19.9. The van der Waals surface area contributed by atoms with Gasteiger partial charge in [-0.25, -0.2) is 4.98 Å². The Balaban J connectivity index is 0.00000117. The van der Waals surface area contributed by atoms with Crippen LogP contribution in [0.1, 0.15) is 19.4 Å². The van der Waals surface area contributed by atoms with Gasteiger partial charge >= 0.3 is 0 Å². The van der Waals surface area contributed by atoms with E-state index in [1.165, 1.54) is 32.9 Å². The average Bonchev–Trinajstić information content (AvgIpc) is 3.24. The van der Waals surface area contributed by atoms with Crippen molar-refractivity contribution in [3.05, 3.63) is 121 Å². The molecule has 0 N–H and O–H groups in total. The van der Waals surface area contributed by atoms with Gasteiger partial charge in [0.2, 0.25) is 0 Å². The standard InChI is InChI=1S/C30H22N2.C2H6/c1-21-16-17-29-26(18-21)25-14-8-9-15-28(25)32(29)30-20-24(22-10-4-2-5-11-22)19-27(31-30)23-12-6-3-7-13-23;1-2/h2-20H,1H3;1-2H3. The highest BCUT2D eigenvalue weighted by atomic mass is 15.1. The number of rotatable bonds is 3. The Morgan fingerprint density at radius 1 is 0.529 bits per heavy atom. The predicted octanol–water partition coefficient (Wildman–Crippen LogP) is 8.85. The molecule has 0 atom stereocenters. The molecular formula is C32H28N2. The van der Waals surface area contributed by atoms with Crippen LogP contribution in [0.15, 0.2) is 115 Å². The molecule has 0 saturated carbocycles. The van der Waals surface area contributed by atoms with Gasteiger partial charge in [0.25, 0.3) is 0 Å². The smallest absolute Gasteiger partial charge is 0.138 e. The second kappa shape index (κ2) is 9.36. The summed E-state index contributed by atoms with van der Waals surface area (Å²) in [6.07, 6.45) is 0. The van der Waals surface area contributed by atoms with Crippen molar-refractivity contribution < 1.29 is 0 Å². The molecule has 2 heteroatoms. The number of nitrogens with zero attached hydrogens (tertiary/aromatic N) is 2. The highest BCUT2D eigenvalue weighted by Crippen LogP contribution is 2.34. The van der Waals surface area contributed by atoms with Crippen LogP contribution >= 0.6 is 0 Å². The molecule has 0 saturated heterocycles. The lowest BCUT2D eigenvalue weighted by Gasteiger charge is -2.13. The lowest BCUT2D eigenvalue weighted by atomic mass is 10.0. The van der Waals surface area contributed by atoms with E-state index in [4.69, 9.17) is 4.98 Å². The van der Waals surface area contributed by atoms with Gasteiger partial charge in [-0.15, -0.1) is 0 Å². The zero-order valence-electron chi connectivity index (χ0n) is 19.9. The molecule has 0 unspecified atom stereocenters. The molecule has 0 amide bonds. The van der Waals surface area contributed by atoms with Gasteiger partial charge in [-0.05, 0) is 48.4 Å². The third kappa shape index (κ3) is 3.88. The minimum absolute atomic E-state index is 0.931. The SMILES string of the molecule is CC.Cc1ccc2c(c1)c1ccccc1n2-c1cc(-c2ccccc2)cc(-c2ccccc2)n1. The fraction of sp³-hybridized carbons (Fsp3) is 0.0938. The Labute approximate surface area is 201 Å². The molecule has 0 fully saturated rings. The largest absolute Gasteiger partial charge is 0.294 e. The van der Waals surface area contributed by atoms with Crippen LogP contribution in [0.3, 0.4) is 0 Å². The topological polar surface area (TPSA) is 17.8 Å². The number of aromatic nitrogens is 2. The van der Waals surface area contributed by atoms with Crippen molar-refractivity contribution in [1.82, 2.24) is 9.55 Å². The van der Waals surface area contributed by atoms with Crippen LogP contribution < -0.4 is 0 Å². The summed E-state index contributed by atoms with van der Waals surface area (Å²) in [4.78, 5) is 5.16. The first kappa shape index (κ1) is 21.7. The Bertz CT molecular complexity index is 1500. The second-order valence-corrected chi connectivity index (χ2v) is 8.20. The minimum Gasteiger partial charge on any atom is -0.294 e. The molecule has 166 valence electrons. The van der Waals surface area contributed by atoms with Crippen molar-refractivity contribution in [2.75, 3.05) is 0 Å². The van der Waals surface area contributed by atoms with Crippen LogP contribution in [0, 0.1) is 6.92 Å². The maximum Gasteiger partial charge on any atom is 0.138 e. The number of hydrogen-bond donors (Lipinski definition) is 0. The summed E-state index contributed by atoms with van der Waals surface area (Å²) < 4.78 is 2.29. The van der Waals surface area contributed by atoms with Crippen molar-refractivity contribution >= 4 is 21.8 Å². The zero-order chi connectivity index (χ0) is 23.5. The van der Waals surface area contributed by atoms with Crippen LogP contribution in [0.2, 0.25) is 0 Å². The number of para-hydroxylation sites is 1. The summed E-state index contributed by atoms with van der Waals surface area (Å²) in [6.45, 7) is 6.15. The number of fused-ring (bicyclic) bond motifs is 3. The fourth-order valence-electron chi connectivity index (χ4n) is 4.52. The second-order valence-electron chi connectivity index (χ2n) is 8.20. The molecule has 6 aromatic rings. The van der Waals surface area contributed by atoms with Crippen LogP contribution in [-0.2, 0) is 0 Å². The molecule has 0 radical (unpaired) electrons. The van der Waals surface area contributed by atoms with Gasteiger partial charge in [-0.1, -0.05) is 104 Å². The van der Waals surface area contributed by atoms with Crippen molar-refractivity contribution in [3.63, 3.8) is 0 Å². The number of benzene rings is 4. The van der Waals surface area contributed by atoms with Crippen molar-refractivity contribution in [1.29, 1.82) is 0 Å². The summed E-state index contributed by atoms with van der Waals surface area (Å²) in [7, 11) is 0. The van der Waals surface area contributed by atoms with Crippen LogP contribution in [-0.4, -0.2) is 9.55 Å². The van der Waals surface area contributed by atoms with Gasteiger partial charge in [0, 0.05) is 16.3 Å². The molecule has 0 bridgehead atoms. The third-order valence-corrected chi connectivity index (χ3v) is 6.05. The van der Waals surface area contributed by atoms with Gasteiger partial charge in [0.05, 0.1) is 16.7 Å². The Hall–Kier alpha value is -4.17. The van der Waals surface area contributed by atoms with Crippen LogP contribution in [0.25, 0.3) is 50.0 Å². The molecule has 2 heterocycles.